The van der Waals surface area contributed by atoms with Crippen molar-refractivity contribution in [1.29, 1.82) is 0 Å². The van der Waals surface area contributed by atoms with Crippen molar-refractivity contribution in [1.82, 2.24) is 9.47 Å². The lowest BCUT2D eigenvalue weighted by molar-refractivity contribution is -0.147. The first-order chi connectivity index (χ1) is 26.1. The van der Waals surface area contributed by atoms with E-state index in [9.17, 15) is 9.59 Å². The van der Waals surface area contributed by atoms with Gasteiger partial charge in [-0.15, -0.1) is 0 Å². The van der Waals surface area contributed by atoms with Crippen molar-refractivity contribution >= 4 is 22.8 Å². The molecule has 4 aromatic rings. The molecule has 53 heavy (non-hydrogen) atoms. The highest BCUT2D eigenvalue weighted by Gasteiger charge is 2.22. The van der Waals surface area contributed by atoms with Gasteiger partial charge in [0.15, 0.2) is 12.3 Å². The molecule has 0 bridgehead atoms. The quantitative estimate of drug-likeness (QED) is 0.0516. The number of anilines is 1. The number of para-hydroxylation sites is 1. The number of rotatable bonds is 20. The Hall–Kier alpha value is -5.14. The predicted octanol–water partition coefficient (Wildman–Crippen LogP) is 10.4. The van der Waals surface area contributed by atoms with Gasteiger partial charge in [0.25, 0.3) is 0 Å². The number of aromatic nitrogens is 1. The predicted molar refractivity (Wildman–Crippen MR) is 219 cm³/mol. The normalized spacial score (nSPS) is 14.3. The van der Waals surface area contributed by atoms with Gasteiger partial charge >= 0.3 is 11.7 Å². The second kappa shape index (κ2) is 22.0. The van der Waals surface area contributed by atoms with E-state index in [1.54, 1.807) is 0 Å². The fourth-order valence-corrected chi connectivity index (χ4v) is 6.39. The van der Waals surface area contributed by atoms with Gasteiger partial charge in [0.05, 0.1) is 11.2 Å². The molecule has 0 spiro atoms. The van der Waals surface area contributed by atoms with Crippen molar-refractivity contribution in [3.8, 4) is 11.1 Å². The molecule has 1 aromatic heterocycles. The number of allylic oxidation sites excluding steroid dienone is 10. The summed E-state index contributed by atoms with van der Waals surface area (Å²) < 4.78 is 12.6. The lowest BCUT2D eigenvalue weighted by Gasteiger charge is -2.36. The van der Waals surface area contributed by atoms with Crippen molar-refractivity contribution in [2.45, 2.75) is 78.0 Å². The first-order valence-corrected chi connectivity index (χ1v) is 19.3. The summed E-state index contributed by atoms with van der Waals surface area (Å²) in [5, 5.41) is 0. The highest BCUT2D eigenvalue weighted by Crippen LogP contribution is 2.28. The number of nitrogens with zero attached hydrogens (tertiary/aromatic N) is 3. The molecular weight excluding hydrogens is 659 g/mol. The standard InChI is InChI=1S/C46H55N3O4/c1-2-3-4-5-6-7-8-9-10-11-12-13-14-15-16-17-18-22-31-44(50)52-38-49-43-30-24-29-42(45(43)53-46(49)51)48-34-32-47(33-35-48)37-39-25-23-28-41(36-39)40-26-20-19-21-27-40/h4-5,7-8,10-11,13-14,16-17,19-21,23-30,36H,2-3,6,9,12,15,18,22,31-35,37-38H2,1H3/b5-4-,8-7-,11-10-,14-13-,17-16-. The number of esters is 1. The number of hydrogen-bond donors (Lipinski definition) is 0. The summed E-state index contributed by atoms with van der Waals surface area (Å²) in [5.41, 5.74) is 5.81. The number of carbonyl (C=O) groups excluding carboxylic acids is 1. The molecule has 1 aliphatic rings. The number of benzene rings is 3. The Labute approximate surface area is 315 Å². The van der Waals surface area contributed by atoms with Crippen LogP contribution in [0.4, 0.5) is 5.69 Å². The number of fused-ring (bicyclic) bond motifs is 1. The highest BCUT2D eigenvalue weighted by atomic mass is 16.5. The number of oxazole rings is 1. The van der Waals surface area contributed by atoms with Crippen LogP contribution in [0.3, 0.4) is 0 Å². The van der Waals surface area contributed by atoms with E-state index >= 15 is 0 Å². The lowest BCUT2D eigenvalue weighted by atomic mass is 10.0. The first-order valence-electron chi connectivity index (χ1n) is 19.3. The van der Waals surface area contributed by atoms with Gasteiger partial charge in [0.2, 0.25) is 0 Å². The van der Waals surface area contributed by atoms with Gasteiger partial charge in [-0.1, -0.05) is 129 Å². The number of unbranched alkanes of at least 4 members (excludes halogenated alkanes) is 2. The third kappa shape index (κ3) is 12.8. The van der Waals surface area contributed by atoms with Crippen molar-refractivity contribution in [2.75, 3.05) is 31.1 Å². The van der Waals surface area contributed by atoms with Crippen LogP contribution in [0.5, 0.6) is 0 Å². The summed E-state index contributed by atoms with van der Waals surface area (Å²) in [6.07, 6.45) is 29.8. The average molecular weight is 714 g/mol. The van der Waals surface area contributed by atoms with Crippen LogP contribution in [-0.4, -0.2) is 41.6 Å². The highest BCUT2D eigenvalue weighted by molar-refractivity contribution is 5.87. The first kappa shape index (κ1) is 39.1. The topological polar surface area (TPSA) is 67.9 Å². The minimum absolute atomic E-state index is 0.161. The number of piperazine rings is 1. The Morgan fingerprint density at radius 3 is 2.02 bits per heavy atom. The molecule has 0 unspecified atom stereocenters. The average Bonchev–Trinajstić information content (AvgIpc) is 3.52. The summed E-state index contributed by atoms with van der Waals surface area (Å²) in [4.78, 5) is 30.1. The van der Waals surface area contributed by atoms with E-state index < -0.39 is 5.76 Å². The zero-order chi connectivity index (χ0) is 36.9. The minimum Gasteiger partial charge on any atom is -0.444 e. The molecule has 0 radical (unpaired) electrons. The van der Waals surface area contributed by atoms with Crippen molar-refractivity contribution in [2.24, 2.45) is 0 Å². The lowest BCUT2D eigenvalue weighted by Crippen LogP contribution is -2.46. The van der Waals surface area contributed by atoms with Gasteiger partial charge in [-0.3, -0.25) is 9.69 Å². The molecular formula is C46H55N3O4. The van der Waals surface area contributed by atoms with Crippen molar-refractivity contribution in [3.05, 3.63) is 150 Å². The molecule has 1 fully saturated rings. The Morgan fingerprint density at radius 2 is 1.34 bits per heavy atom. The second-order valence-electron chi connectivity index (χ2n) is 13.4. The van der Waals surface area contributed by atoms with Crippen LogP contribution in [0.25, 0.3) is 22.2 Å². The largest absolute Gasteiger partial charge is 0.444 e. The van der Waals surface area contributed by atoms with Crippen LogP contribution >= 0.6 is 0 Å². The third-order valence-electron chi connectivity index (χ3n) is 9.31. The molecule has 0 aliphatic carbocycles. The van der Waals surface area contributed by atoms with E-state index in [1.807, 2.05) is 24.3 Å². The molecule has 1 saturated heterocycles. The summed E-state index contributed by atoms with van der Waals surface area (Å²) in [6, 6.07) is 25.0. The molecule has 7 nitrogen and oxygen atoms in total. The Kier molecular flexibility index (Phi) is 16.3. The minimum atomic E-state index is -0.522. The maximum absolute atomic E-state index is 12.9. The molecule has 1 aliphatic heterocycles. The number of carbonyl (C=O) groups is 1. The Morgan fingerprint density at radius 1 is 0.717 bits per heavy atom. The van der Waals surface area contributed by atoms with E-state index in [-0.39, 0.29) is 12.7 Å². The molecule has 0 amide bonds. The maximum Gasteiger partial charge on any atom is 0.422 e. The monoisotopic (exact) mass is 713 g/mol. The summed E-state index contributed by atoms with van der Waals surface area (Å²) in [6.45, 7) is 6.35. The Balaban J connectivity index is 0.992. The number of hydrogen-bond acceptors (Lipinski definition) is 6. The van der Waals surface area contributed by atoms with E-state index in [2.05, 4.69) is 126 Å². The van der Waals surface area contributed by atoms with Gasteiger partial charge in [0.1, 0.15) is 0 Å². The molecule has 2 heterocycles. The number of ether oxygens (including phenoxy) is 1. The molecule has 3 aromatic carbocycles. The van der Waals surface area contributed by atoms with Crippen LogP contribution < -0.4 is 10.7 Å². The van der Waals surface area contributed by atoms with Gasteiger partial charge in [-0.25, -0.2) is 9.36 Å². The maximum atomic E-state index is 12.9. The Bertz CT molecular complexity index is 1910. The zero-order valence-electron chi connectivity index (χ0n) is 31.3. The van der Waals surface area contributed by atoms with Gasteiger partial charge in [-0.05, 0) is 79.8 Å². The summed E-state index contributed by atoms with van der Waals surface area (Å²) >= 11 is 0. The fraction of sp³-hybridized carbons (Fsp3) is 0.348. The smallest absolute Gasteiger partial charge is 0.422 e. The van der Waals surface area contributed by atoms with Crippen LogP contribution in [0.1, 0.15) is 70.3 Å². The van der Waals surface area contributed by atoms with E-state index in [0.29, 0.717) is 23.9 Å². The molecule has 7 heteroatoms. The fourth-order valence-electron chi connectivity index (χ4n) is 6.39. The summed E-state index contributed by atoms with van der Waals surface area (Å²) in [7, 11) is 0. The van der Waals surface area contributed by atoms with Crippen LogP contribution in [0.2, 0.25) is 0 Å². The van der Waals surface area contributed by atoms with Gasteiger partial charge in [0, 0.05) is 39.1 Å². The molecule has 0 N–H and O–H groups in total. The molecule has 278 valence electrons. The third-order valence-corrected chi connectivity index (χ3v) is 9.31. The second-order valence-corrected chi connectivity index (χ2v) is 13.4. The van der Waals surface area contributed by atoms with Crippen molar-refractivity contribution in [3.63, 3.8) is 0 Å². The molecule has 0 atom stereocenters. The van der Waals surface area contributed by atoms with E-state index in [4.69, 9.17) is 9.15 Å². The molecule has 0 saturated carbocycles. The van der Waals surface area contributed by atoms with E-state index in [1.165, 1.54) is 27.7 Å². The zero-order valence-corrected chi connectivity index (χ0v) is 31.3. The summed E-state index contributed by atoms with van der Waals surface area (Å²) in [5.74, 6) is -0.845. The van der Waals surface area contributed by atoms with Crippen LogP contribution in [-0.2, 0) is 22.8 Å². The molecule has 5 rings (SSSR count). The van der Waals surface area contributed by atoms with E-state index in [0.717, 1.165) is 76.9 Å². The van der Waals surface area contributed by atoms with Crippen LogP contribution in [0.15, 0.2) is 143 Å². The SMILES string of the molecule is CCC/C=C\C/C=C\C/C=C\C/C=C\C/C=C\CCCC(=O)OCn1c(=O)oc2c(N3CCN(Cc4cccc(-c5ccccc5)c4)CC3)cccc21. The van der Waals surface area contributed by atoms with Crippen molar-refractivity contribution < 1.29 is 13.9 Å². The van der Waals surface area contributed by atoms with Crippen LogP contribution in [0, 0.1) is 0 Å². The van der Waals surface area contributed by atoms with Gasteiger partial charge in [-0.2, -0.15) is 0 Å². The van der Waals surface area contributed by atoms with Gasteiger partial charge < -0.3 is 14.1 Å².